The summed E-state index contributed by atoms with van der Waals surface area (Å²) in [7, 11) is 0. The quantitative estimate of drug-likeness (QED) is 0.720. The van der Waals surface area contributed by atoms with Crippen molar-refractivity contribution in [3.05, 3.63) is 59.4 Å². The van der Waals surface area contributed by atoms with Crippen LogP contribution in [-0.4, -0.2) is 15.8 Å². The molecule has 0 aliphatic carbocycles. The average molecular weight is 282 g/mol. The Morgan fingerprint density at radius 2 is 2.05 bits per heavy atom. The van der Waals surface area contributed by atoms with Crippen LogP contribution in [0, 0.1) is 0 Å². The second kappa shape index (κ2) is 5.92. The van der Waals surface area contributed by atoms with Crippen LogP contribution in [0.1, 0.15) is 17.0 Å². The summed E-state index contributed by atoms with van der Waals surface area (Å²) in [6.45, 7) is 0. The molecule has 3 aromatic rings. The fourth-order valence-corrected chi connectivity index (χ4v) is 3.08. The second-order valence-corrected chi connectivity index (χ2v) is 5.77. The van der Waals surface area contributed by atoms with Crippen molar-refractivity contribution in [3.63, 3.8) is 0 Å². The molecule has 100 valence electrons. The lowest BCUT2D eigenvalue weighted by atomic mass is 10.1. The lowest BCUT2D eigenvalue weighted by Gasteiger charge is -1.99. The summed E-state index contributed by atoms with van der Waals surface area (Å²) in [6, 6.07) is 11.9. The first-order valence-electron chi connectivity index (χ1n) is 6.56. The maximum absolute atomic E-state index is 12.0. The summed E-state index contributed by atoms with van der Waals surface area (Å²) < 4.78 is 1.14. The third-order valence-corrected chi connectivity index (χ3v) is 4.14. The number of carbonyl (C=O) groups is 1. The average Bonchev–Trinajstić information content (AvgIpc) is 2.88. The molecule has 0 fully saturated rings. The summed E-state index contributed by atoms with van der Waals surface area (Å²) >= 11 is 1.60. The lowest BCUT2D eigenvalue weighted by molar-refractivity contribution is -0.118. The number of aromatic nitrogens is 2. The van der Waals surface area contributed by atoms with E-state index in [-0.39, 0.29) is 5.78 Å². The Bertz CT molecular complexity index is 688. The van der Waals surface area contributed by atoms with Crippen LogP contribution in [0.2, 0.25) is 0 Å². The third-order valence-electron chi connectivity index (χ3n) is 3.10. The maximum atomic E-state index is 12.0. The first-order chi connectivity index (χ1) is 9.81. The lowest BCUT2D eigenvalue weighted by Crippen LogP contribution is -2.04. The Hall–Kier alpha value is -2.07. The largest absolute Gasteiger partial charge is 0.299 e. The highest BCUT2D eigenvalue weighted by Gasteiger charge is 2.09. The van der Waals surface area contributed by atoms with Crippen LogP contribution < -0.4 is 0 Å². The molecular weight excluding hydrogens is 268 g/mol. The van der Waals surface area contributed by atoms with E-state index in [9.17, 15) is 4.79 Å². The van der Waals surface area contributed by atoms with E-state index in [2.05, 4.69) is 9.97 Å². The molecule has 0 amide bonds. The number of Topliss-reactive ketones (excluding diaryl/α,β-unsaturated/α-hetero) is 1. The minimum Gasteiger partial charge on any atom is -0.299 e. The molecule has 0 saturated carbocycles. The molecular formula is C16H14N2OS. The Balaban J connectivity index is 1.61. The van der Waals surface area contributed by atoms with E-state index in [1.54, 1.807) is 17.5 Å². The van der Waals surface area contributed by atoms with Crippen molar-refractivity contribution in [1.29, 1.82) is 0 Å². The van der Waals surface area contributed by atoms with E-state index in [1.807, 2.05) is 42.6 Å². The Morgan fingerprint density at radius 3 is 2.85 bits per heavy atom. The smallest absolute Gasteiger partial charge is 0.140 e. The van der Waals surface area contributed by atoms with E-state index in [0.717, 1.165) is 27.2 Å². The molecule has 0 aliphatic rings. The predicted octanol–water partition coefficient (Wildman–Crippen LogP) is 3.44. The fourth-order valence-electron chi connectivity index (χ4n) is 2.08. The van der Waals surface area contributed by atoms with Crippen LogP contribution in [0.15, 0.2) is 48.8 Å². The molecule has 2 aromatic heterocycles. The minimum absolute atomic E-state index is 0.230. The van der Waals surface area contributed by atoms with Gasteiger partial charge in [0.05, 0.1) is 16.6 Å². The van der Waals surface area contributed by atoms with Gasteiger partial charge in [-0.25, -0.2) is 4.98 Å². The third kappa shape index (κ3) is 3.08. The zero-order valence-electron chi connectivity index (χ0n) is 11.0. The SMILES string of the molecule is O=C(CCc1cccnc1)Cc1nc2ccccc2s1. The first kappa shape index (κ1) is 12.9. The van der Waals surface area contributed by atoms with Crippen molar-refractivity contribution in [1.82, 2.24) is 9.97 Å². The van der Waals surface area contributed by atoms with Gasteiger partial charge in [0, 0.05) is 18.8 Å². The monoisotopic (exact) mass is 282 g/mol. The Morgan fingerprint density at radius 1 is 1.15 bits per heavy atom. The van der Waals surface area contributed by atoms with Gasteiger partial charge >= 0.3 is 0 Å². The summed E-state index contributed by atoms with van der Waals surface area (Å²) in [5.74, 6) is 0.230. The number of ketones is 1. The number of carbonyl (C=O) groups excluding carboxylic acids is 1. The summed E-state index contributed by atoms with van der Waals surface area (Å²) in [6.07, 6.45) is 5.27. The van der Waals surface area contributed by atoms with Gasteiger partial charge in [0.25, 0.3) is 0 Å². The van der Waals surface area contributed by atoms with Gasteiger partial charge in [-0.1, -0.05) is 18.2 Å². The molecule has 0 atom stereocenters. The van der Waals surface area contributed by atoms with Gasteiger partial charge in [-0.2, -0.15) is 0 Å². The molecule has 4 heteroatoms. The second-order valence-electron chi connectivity index (χ2n) is 4.65. The van der Waals surface area contributed by atoms with Gasteiger partial charge in [0.1, 0.15) is 10.8 Å². The van der Waals surface area contributed by atoms with Gasteiger partial charge < -0.3 is 0 Å². The van der Waals surface area contributed by atoms with Crippen molar-refractivity contribution >= 4 is 27.3 Å². The van der Waals surface area contributed by atoms with E-state index in [4.69, 9.17) is 0 Å². The van der Waals surface area contributed by atoms with Crippen molar-refractivity contribution in [2.75, 3.05) is 0 Å². The van der Waals surface area contributed by atoms with Crippen LogP contribution in [0.5, 0.6) is 0 Å². The first-order valence-corrected chi connectivity index (χ1v) is 7.38. The van der Waals surface area contributed by atoms with Gasteiger partial charge in [-0.3, -0.25) is 9.78 Å². The molecule has 20 heavy (non-hydrogen) atoms. The standard InChI is InChI=1S/C16H14N2OS/c19-13(8-7-12-4-3-9-17-11-12)10-16-18-14-5-1-2-6-15(14)20-16/h1-6,9,11H,7-8,10H2. The van der Waals surface area contributed by atoms with E-state index >= 15 is 0 Å². The number of rotatable bonds is 5. The van der Waals surface area contributed by atoms with Gasteiger partial charge in [0.2, 0.25) is 0 Å². The van der Waals surface area contributed by atoms with Gasteiger partial charge in [-0.15, -0.1) is 11.3 Å². The number of pyridine rings is 1. The van der Waals surface area contributed by atoms with Crippen molar-refractivity contribution in [2.45, 2.75) is 19.3 Å². The van der Waals surface area contributed by atoms with E-state index < -0.39 is 0 Å². The number of fused-ring (bicyclic) bond motifs is 1. The number of thiazole rings is 1. The van der Waals surface area contributed by atoms with Crippen molar-refractivity contribution in [2.24, 2.45) is 0 Å². The summed E-state index contributed by atoms with van der Waals surface area (Å²) in [5, 5.41) is 0.905. The van der Waals surface area contributed by atoms with E-state index in [1.165, 1.54) is 0 Å². The number of benzene rings is 1. The van der Waals surface area contributed by atoms with E-state index in [0.29, 0.717) is 12.8 Å². The molecule has 0 bridgehead atoms. The minimum atomic E-state index is 0.230. The highest BCUT2D eigenvalue weighted by Crippen LogP contribution is 2.22. The molecule has 0 unspecified atom stereocenters. The van der Waals surface area contributed by atoms with Crippen LogP contribution in [0.3, 0.4) is 0 Å². The number of aryl methyl sites for hydroxylation is 1. The molecule has 0 spiro atoms. The van der Waals surface area contributed by atoms with Gasteiger partial charge in [0.15, 0.2) is 0 Å². The molecule has 1 aromatic carbocycles. The highest BCUT2D eigenvalue weighted by molar-refractivity contribution is 7.18. The molecule has 0 saturated heterocycles. The molecule has 3 rings (SSSR count). The van der Waals surface area contributed by atoms with Crippen LogP contribution in [0.4, 0.5) is 0 Å². The topological polar surface area (TPSA) is 42.9 Å². The number of hydrogen-bond acceptors (Lipinski definition) is 4. The van der Waals surface area contributed by atoms with Crippen molar-refractivity contribution < 1.29 is 4.79 Å². The number of para-hydroxylation sites is 1. The molecule has 2 heterocycles. The molecule has 0 aliphatic heterocycles. The molecule has 0 N–H and O–H groups in total. The Labute approximate surface area is 121 Å². The molecule has 3 nitrogen and oxygen atoms in total. The van der Waals surface area contributed by atoms with Crippen LogP contribution in [0.25, 0.3) is 10.2 Å². The number of nitrogens with zero attached hydrogens (tertiary/aromatic N) is 2. The summed E-state index contributed by atoms with van der Waals surface area (Å²) in [4.78, 5) is 20.6. The zero-order valence-corrected chi connectivity index (χ0v) is 11.8. The fraction of sp³-hybridized carbons (Fsp3) is 0.188. The molecule has 0 radical (unpaired) electrons. The van der Waals surface area contributed by atoms with Crippen LogP contribution >= 0.6 is 11.3 Å². The normalized spacial score (nSPS) is 10.8. The summed E-state index contributed by atoms with van der Waals surface area (Å²) in [5.41, 5.74) is 2.08. The zero-order chi connectivity index (χ0) is 13.8. The maximum Gasteiger partial charge on any atom is 0.140 e. The Kier molecular flexibility index (Phi) is 3.83. The number of hydrogen-bond donors (Lipinski definition) is 0. The van der Waals surface area contributed by atoms with Gasteiger partial charge in [-0.05, 0) is 30.2 Å². The van der Waals surface area contributed by atoms with Crippen molar-refractivity contribution in [3.8, 4) is 0 Å². The highest BCUT2D eigenvalue weighted by atomic mass is 32.1. The predicted molar refractivity (Wildman–Crippen MR) is 80.9 cm³/mol. The van der Waals surface area contributed by atoms with Crippen LogP contribution in [-0.2, 0) is 17.6 Å².